The number of thiazole rings is 1. The Hall–Kier alpha value is -2.67. The third-order valence-electron chi connectivity index (χ3n) is 6.68. The Morgan fingerprint density at radius 2 is 1.55 bits per heavy atom. The summed E-state index contributed by atoms with van der Waals surface area (Å²) in [7, 11) is -0.365. The fourth-order valence-corrected chi connectivity index (χ4v) is 5.16. The van der Waals surface area contributed by atoms with Crippen molar-refractivity contribution in [2.24, 2.45) is 0 Å². The summed E-state index contributed by atoms with van der Waals surface area (Å²) in [6.45, 7) is 8.34. The standard InChI is InChI=1S/C25H23BN2O2S/c1-24(2)25(3,4)30-26(29-24)16-10-11-19-17(12-16)18-13-22-21(14-20(18)27-19)28-23(31-22)15-8-6-5-7-9-15/h5-14,27H,1-4H3. The molecule has 3 heterocycles. The lowest BCUT2D eigenvalue weighted by Crippen LogP contribution is -2.41. The molecule has 1 saturated heterocycles. The van der Waals surface area contributed by atoms with Crippen LogP contribution in [0, 0.1) is 0 Å². The van der Waals surface area contributed by atoms with E-state index >= 15 is 0 Å². The Morgan fingerprint density at radius 3 is 2.29 bits per heavy atom. The molecule has 154 valence electrons. The summed E-state index contributed by atoms with van der Waals surface area (Å²) in [6, 6.07) is 21.2. The second-order valence-corrected chi connectivity index (χ2v) is 10.3. The van der Waals surface area contributed by atoms with Crippen LogP contribution in [0.5, 0.6) is 0 Å². The molecule has 0 bridgehead atoms. The Kier molecular flexibility index (Phi) is 3.95. The second-order valence-electron chi connectivity index (χ2n) is 9.27. The molecule has 0 atom stereocenters. The minimum absolute atomic E-state index is 0.352. The molecule has 5 aromatic rings. The molecule has 3 aromatic carbocycles. The van der Waals surface area contributed by atoms with Crippen LogP contribution in [0.25, 0.3) is 42.6 Å². The van der Waals surface area contributed by atoms with Gasteiger partial charge in [-0.3, -0.25) is 0 Å². The Bertz CT molecular complexity index is 1440. The quantitative estimate of drug-likeness (QED) is 0.358. The zero-order valence-corrected chi connectivity index (χ0v) is 18.8. The average molecular weight is 426 g/mol. The first-order valence-corrected chi connectivity index (χ1v) is 11.4. The number of nitrogens with one attached hydrogen (secondary N) is 1. The number of aromatic nitrogens is 2. The van der Waals surface area contributed by atoms with Crippen LogP contribution in [0.1, 0.15) is 27.7 Å². The number of fused-ring (bicyclic) bond motifs is 4. The van der Waals surface area contributed by atoms with Gasteiger partial charge in [-0.2, -0.15) is 0 Å². The van der Waals surface area contributed by atoms with Crippen LogP contribution in [0.15, 0.2) is 60.7 Å². The first kappa shape index (κ1) is 19.1. The lowest BCUT2D eigenvalue weighted by molar-refractivity contribution is 0.00578. The molecule has 31 heavy (non-hydrogen) atoms. The number of hydrogen-bond donors (Lipinski definition) is 1. The van der Waals surface area contributed by atoms with E-state index in [4.69, 9.17) is 14.3 Å². The van der Waals surface area contributed by atoms with Gasteiger partial charge in [0.2, 0.25) is 0 Å². The maximum atomic E-state index is 6.27. The highest BCUT2D eigenvalue weighted by Crippen LogP contribution is 2.38. The van der Waals surface area contributed by atoms with Gasteiger partial charge in [0.1, 0.15) is 5.01 Å². The van der Waals surface area contributed by atoms with Crippen molar-refractivity contribution in [3.63, 3.8) is 0 Å². The summed E-state index contributed by atoms with van der Waals surface area (Å²) in [6.07, 6.45) is 0. The fourth-order valence-electron chi connectivity index (χ4n) is 4.17. The largest absolute Gasteiger partial charge is 0.494 e. The van der Waals surface area contributed by atoms with Crippen molar-refractivity contribution >= 4 is 55.9 Å². The van der Waals surface area contributed by atoms with E-state index in [1.165, 1.54) is 15.5 Å². The molecule has 1 fully saturated rings. The van der Waals surface area contributed by atoms with Gasteiger partial charge in [-0.1, -0.05) is 42.5 Å². The van der Waals surface area contributed by atoms with Crippen molar-refractivity contribution in [2.75, 3.05) is 0 Å². The van der Waals surface area contributed by atoms with E-state index in [2.05, 4.69) is 87.3 Å². The molecular formula is C25H23BN2O2S. The van der Waals surface area contributed by atoms with Crippen LogP contribution in [-0.2, 0) is 9.31 Å². The van der Waals surface area contributed by atoms with Crippen molar-refractivity contribution < 1.29 is 9.31 Å². The number of benzene rings is 3. The second kappa shape index (κ2) is 6.42. The Labute approximate surface area is 185 Å². The molecule has 1 aliphatic heterocycles. The predicted molar refractivity (Wildman–Crippen MR) is 130 cm³/mol. The average Bonchev–Trinajstić information content (AvgIpc) is 3.37. The summed E-state index contributed by atoms with van der Waals surface area (Å²) in [5.74, 6) is 0. The summed E-state index contributed by atoms with van der Waals surface area (Å²) < 4.78 is 13.7. The molecule has 1 aliphatic rings. The van der Waals surface area contributed by atoms with Crippen molar-refractivity contribution in [1.29, 1.82) is 0 Å². The first-order valence-electron chi connectivity index (χ1n) is 10.6. The number of rotatable bonds is 2. The van der Waals surface area contributed by atoms with Gasteiger partial charge < -0.3 is 14.3 Å². The Morgan fingerprint density at radius 1 is 0.839 bits per heavy atom. The molecule has 1 N–H and O–H groups in total. The van der Waals surface area contributed by atoms with Crippen LogP contribution in [-0.4, -0.2) is 28.3 Å². The van der Waals surface area contributed by atoms with E-state index < -0.39 is 0 Å². The number of H-pyrrole nitrogens is 1. The third-order valence-corrected chi connectivity index (χ3v) is 7.74. The molecular weight excluding hydrogens is 403 g/mol. The van der Waals surface area contributed by atoms with E-state index in [-0.39, 0.29) is 18.3 Å². The van der Waals surface area contributed by atoms with Crippen molar-refractivity contribution in [3.8, 4) is 10.6 Å². The van der Waals surface area contributed by atoms with Gasteiger partial charge >= 0.3 is 7.12 Å². The molecule has 6 rings (SSSR count). The smallest absolute Gasteiger partial charge is 0.399 e. The first-order chi connectivity index (χ1) is 14.8. The fraction of sp³-hybridized carbons (Fsp3) is 0.240. The normalized spacial score (nSPS) is 17.9. The van der Waals surface area contributed by atoms with Gasteiger partial charge in [-0.25, -0.2) is 4.98 Å². The molecule has 6 heteroatoms. The molecule has 4 nitrogen and oxygen atoms in total. The summed E-state index contributed by atoms with van der Waals surface area (Å²) in [5, 5.41) is 3.42. The van der Waals surface area contributed by atoms with Gasteiger partial charge in [0.25, 0.3) is 0 Å². The highest BCUT2D eigenvalue weighted by atomic mass is 32.1. The van der Waals surface area contributed by atoms with Crippen LogP contribution < -0.4 is 5.46 Å². The number of hydrogen-bond acceptors (Lipinski definition) is 4. The third kappa shape index (κ3) is 2.93. The Balaban J connectivity index is 1.47. The van der Waals surface area contributed by atoms with Crippen molar-refractivity contribution in [1.82, 2.24) is 9.97 Å². The minimum atomic E-state index is -0.365. The van der Waals surface area contributed by atoms with Gasteiger partial charge in [0, 0.05) is 27.4 Å². The van der Waals surface area contributed by atoms with Crippen LogP contribution in [0.4, 0.5) is 0 Å². The number of aromatic amines is 1. The van der Waals surface area contributed by atoms with Crippen molar-refractivity contribution in [3.05, 3.63) is 60.7 Å². The molecule has 0 radical (unpaired) electrons. The van der Waals surface area contributed by atoms with Crippen LogP contribution in [0.3, 0.4) is 0 Å². The number of nitrogens with zero attached hydrogens (tertiary/aromatic N) is 1. The maximum absolute atomic E-state index is 6.27. The predicted octanol–water partition coefficient (Wildman–Crippen LogP) is 5.90. The van der Waals surface area contributed by atoms with Crippen LogP contribution >= 0.6 is 11.3 Å². The van der Waals surface area contributed by atoms with E-state index in [1.54, 1.807) is 11.3 Å². The highest BCUT2D eigenvalue weighted by Gasteiger charge is 2.51. The van der Waals surface area contributed by atoms with Crippen molar-refractivity contribution in [2.45, 2.75) is 38.9 Å². The molecule has 2 aromatic heterocycles. The summed E-state index contributed by atoms with van der Waals surface area (Å²) in [4.78, 5) is 8.43. The lowest BCUT2D eigenvalue weighted by atomic mass is 9.78. The molecule has 0 saturated carbocycles. The molecule has 0 spiro atoms. The monoisotopic (exact) mass is 426 g/mol. The van der Waals surface area contributed by atoms with E-state index in [1.807, 2.05) is 6.07 Å². The topological polar surface area (TPSA) is 47.1 Å². The SMILES string of the molecule is CC1(C)OB(c2ccc3[nH]c4cc5nc(-c6ccccc6)sc5cc4c3c2)OC1(C)C. The minimum Gasteiger partial charge on any atom is -0.399 e. The van der Waals surface area contributed by atoms with E-state index in [0.717, 1.165) is 32.6 Å². The highest BCUT2D eigenvalue weighted by molar-refractivity contribution is 7.21. The maximum Gasteiger partial charge on any atom is 0.494 e. The lowest BCUT2D eigenvalue weighted by Gasteiger charge is -2.32. The van der Waals surface area contributed by atoms with Crippen LogP contribution in [0.2, 0.25) is 0 Å². The van der Waals surface area contributed by atoms with Gasteiger partial charge in [-0.05, 0) is 51.4 Å². The van der Waals surface area contributed by atoms with E-state index in [0.29, 0.717) is 0 Å². The van der Waals surface area contributed by atoms with E-state index in [9.17, 15) is 0 Å². The van der Waals surface area contributed by atoms with Gasteiger partial charge in [0.15, 0.2) is 0 Å². The van der Waals surface area contributed by atoms with Gasteiger partial charge in [0.05, 0.1) is 21.4 Å². The van der Waals surface area contributed by atoms with Gasteiger partial charge in [-0.15, -0.1) is 11.3 Å². The zero-order valence-electron chi connectivity index (χ0n) is 18.0. The summed E-state index contributed by atoms with van der Waals surface area (Å²) in [5.41, 5.74) is 4.72. The molecule has 0 unspecified atom stereocenters. The summed E-state index contributed by atoms with van der Waals surface area (Å²) >= 11 is 1.73. The molecule has 0 aliphatic carbocycles. The zero-order chi connectivity index (χ0) is 21.4. The molecule has 0 amide bonds.